The van der Waals surface area contributed by atoms with Crippen LogP contribution in [0.2, 0.25) is 10.0 Å². The number of carbonyl (C=O) groups excluding carboxylic acids is 1. The topological polar surface area (TPSA) is 66.4 Å². The van der Waals surface area contributed by atoms with E-state index in [9.17, 15) is 14.7 Å². The predicted octanol–water partition coefficient (Wildman–Crippen LogP) is 4.94. The molecule has 4 rings (SSSR count). The number of amides is 1. The Balaban J connectivity index is 1.56. The highest BCUT2D eigenvalue weighted by molar-refractivity contribution is 6.31. The van der Waals surface area contributed by atoms with Gasteiger partial charge >= 0.3 is 5.97 Å². The van der Waals surface area contributed by atoms with Gasteiger partial charge in [0.25, 0.3) is 0 Å². The number of aliphatic carboxylic acids is 1. The molecule has 0 saturated carbocycles. The number of hydrogen-bond acceptors (Lipinski definition) is 2. The summed E-state index contributed by atoms with van der Waals surface area (Å²) in [4.78, 5) is 24.8. The highest BCUT2D eigenvalue weighted by atomic mass is 35.5. The number of fused-ring (bicyclic) bond motifs is 1. The quantitative estimate of drug-likeness (QED) is 0.591. The van der Waals surface area contributed by atoms with Gasteiger partial charge in [-0.25, -0.2) is 4.79 Å². The molecular weight excluding hydrogens is 421 g/mol. The average molecular weight is 440 g/mol. The molecule has 0 radical (unpaired) electrons. The van der Waals surface area contributed by atoms with Crippen LogP contribution in [-0.4, -0.2) is 22.5 Å². The lowest BCUT2D eigenvalue weighted by molar-refractivity contribution is -0.147. The summed E-state index contributed by atoms with van der Waals surface area (Å²) in [5.41, 5.74) is 3.12. The summed E-state index contributed by atoms with van der Waals surface area (Å²) >= 11 is 12.1. The van der Waals surface area contributed by atoms with Crippen LogP contribution >= 0.6 is 23.2 Å². The number of rotatable bonds is 5. The van der Waals surface area contributed by atoms with E-state index in [0.29, 0.717) is 15.6 Å². The number of carboxylic acid groups (broad SMARTS) is 1. The number of carboxylic acids is 1. The molecule has 1 unspecified atom stereocenters. The molecular formula is C24H19Cl2NO3. The van der Waals surface area contributed by atoms with Gasteiger partial charge in [0, 0.05) is 22.9 Å². The van der Waals surface area contributed by atoms with Crippen molar-refractivity contribution in [1.29, 1.82) is 0 Å². The minimum Gasteiger partial charge on any atom is -0.479 e. The van der Waals surface area contributed by atoms with E-state index >= 15 is 0 Å². The molecule has 3 aromatic carbocycles. The molecule has 0 spiro atoms. The highest BCUT2D eigenvalue weighted by Gasteiger charge is 2.45. The van der Waals surface area contributed by atoms with Crippen LogP contribution in [0.15, 0.2) is 66.7 Å². The summed E-state index contributed by atoms with van der Waals surface area (Å²) in [6.45, 7) is 0. The Morgan fingerprint density at radius 2 is 1.57 bits per heavy atom. The number of halogens is 2. The van der Waals surface area contributed by atoms with E-state index < -0.39 is 11.5 Å². The number of benzene rings is 3. The second-order valence-electron chi connectivity index (χ2n) is 7.55. The number of hydrogen-bond donors (Lipinski definition) is 2. The largest absolute Gasteiger partial charge is 0.479 e. The van der Waals surface area contributed by atoms with E-state index in [-0.39, 0.29) is 25.2 Å². The first-order valence-electron chi connectivity index (χ1n) is 9.52. The number of carbonyl (C=O) groups is 2. The van der Waals surface area contributed by atoms with E-state index in [1.165, 1.54) is 0 Å². The molecule has 1 aliphatic carbocycles. The van der Waals surface area contributed by atoms with Crippen LogP contribution in [0.3, 0.4) is 0 Å². The molecule has 1 aliphatic rings. The van der Waals surface area contributed by atoms with Gasteiger partial charge in [-0.2, -0.15) is 0 Å². The Bertz CT molecular complexity index is 1130. The second kappa shape index (κ2) is 8.13. The van der Waals surface area contributed by atoms with Gasteiger partial charge in [0.2, 0.25) is 5.91 Å². The Morgan fingerprint density at radius 1 is 0.900 bits per heavy atom. The van der Waals surface area contributed by atoms with Crippen LogP contribution in [-0.2, 0) is 28.9 Å². The zero-order chi connectivity index (χ0) is 21.3. The molecule has 0 aliphatic heterocycles. The van der Waals surface area contributed by atoms with Crippen molar-refractivity contribution in [3.8, 4) is 11.1 Å². The molecule has 0 saturated heterocycles. The maximum absolute atomic E-state index is 12.7. The van der Waals surface area contributed by atoms with Crippen molar-refractivity contribution in [2.24, 2.45) is 0 Å². The van der Waals surface area contributed by atoms with Crippen molar-refractivity contribution < 1.29 is 14.7 Å². The van der Waals surface area contributed by atoms with E-state index in [0.717, 1.165) is 22.3 Å². The molecule has 2 N–H and O–H groups in total. The van der Waals surface area contributed by atoms with Gasteiger partial charge in [-0.3, -0.25) is 4.79 Å². The normalized spacial score (nSPS) is 17.4. The minimum atomic E-state index is -1.36. The van der Waals surface area contributed by atoms with Crippen LogP contribution in [0.4, 0.5) is 0 Å². The van der Waals surface area contributed by atoms with E-state index in [4.69, 9.17) is 23.2 Å². The Morgan fingerprint density at radius 3 is 2.27 bits per heavy atom. The van der Waals surface area contributed by atoms with E-state index in [1.54, 1.807) is 24.3 Å². The number of nitrogens with one attached hydrogen (secondary N) is 1. The third-order valence-corrected chi connectivity index (χ3v) is 6.09. The highest BCUT2D eigenvalue weighted by Crippen LogP contribution is 2.34. The van der Waals surface area contributed by atoms with Crippen LogP contribution in [0.25, 0.3) is 11.1 Å². The van der Waals surface area contributed by atoms with Gasteiger partial charge in [-0.15, -0.1) is 0 Å². The van der Waals surface area contributed by atoms with Crippen molar-refractivity contribution in [3.63, 3.8) is 0 Å². The fourth-order valence-corrected chi connectivity index (χ4v) is 4.25. The molecule has 3 aromatic rings. The van der Waals surface area contributed by atoms with Crippen LogP contribution in [0.5, 0.6) is 0 Å². The van der Waals surface area contributed by atoms with Crippen molar-refractivity contribution in [3.05, 3.63) is 93.5 Å². The first-order chi connectivity index (χ1) is 14.4. The molecule has 1 amide bonds. The average Bonchev–Trinajstić information content (AvgIpc) is 3.09. The zero-order valence-corrected chi connectivity index (χ0v) is 17.5. The summed E-state index contributed by atoms with van der Waals surface area (Å²) in [5.74, 6) is -1.41. The van der Waals surface area contributed by atoms with Gasteiger partial charge < -0.3 is 10.4 Å². The fourth-order valence-electron chi connectivity index (χ4n) is 3.92. The predicted molar refractivity (Wildman–Crippen MR) is 118 cm³/mol. The van der Waals surface area contributed by atoms with Crippen molar-refractivity contribution in [2.45, 2.75) is 24.8 Å². The SMILES string of the molecule is O=C(Cc1ccccc1Cl)NC1(C(=O)O)Cc2ccc(-c3ccc(Cl)cc3)cc2C1. The maximum atomic E-state index is 12.7. The van der Waals surface area contributed by atoms with Crippen LogP contribution in [0, 0.1) is 0 Å². The Hall–Kier alpha value is -2.82. The standard InChI is InChI=1S/C24H19Cl2NO3/c25-20-9-7-15(8-10-20)16-5-6-18-13-24(23(29)30,14-19(18)11-16)27-22(28)12-17-3-1-2-4-21(17)26/h1-11H,12-14H2,(H,27,28)(H,29,30). The molecule has 4 nitrogen and oxygen atoms in total. The zero-order valence-electron chi connectivity index (χ0n) is 16.0. The van der Waals surface area contributed by atoms with Gasteiger partial charge in [0.15, 0.2) is 0 Å². The Kier molecular flexibility index (Phi) is 5.54. The van der Waals surface area contributed by atoms with E-state index in [1.807, 2.05) is 42.5 Å². The summed E-state index contributed by atoms with van der Waals surface area (Å²) in [6, 6.07) is 20.4. The lowest BCUT2D eigenvalue weighted by atomic mass is 9.95. The first kappa shape index (κ1) is 20.5. The van der Waals surface area contributed by atoms with Gasteiger partial charge in [-0.1, -0.05) is 71.7 Å². The summed E-state index contributed by atoms with van der Waals surface area (Å²) < 4.78 is 0. The molecule has 0 aromatic heterocycles. The van der Waals surface area contributed by atoms with Crippen molar-refractivity contribution in [2.75, 3.05) is 0 Å². The van der Waals surface area contributed by atoms with Gasteiger partial charge in [-0.05, 0) is 46.0 Å². The Labute approximate surface area is 184 Å². The molecule has 30 heavy (non-hydrogen) atoms. The lowest BCUT2D eigenvalue weighted by Gasteiger charge is -2.25. The third kappa shape index (κ3) is 4.07. The maximum Gasteiger partial charge on any atom is 0.330 e. The van der Waals surface area contributed by atoms with Crippen LogP contribution < -0.4 is 5.32 Å². The first-order valence-corrected chi connectivity index (χ1v) is 10.3. The minimum absolute atomic E-state index is 0.0288. The van der Waals surface area contributed by atoms with Gasteiger partial charge in [0.1, 0.15) is 5.54 Å². The molecule has 152 valence electrons. The molecule has 6 heteroatoms. The fraction of sp³-hybridized carbons (Fsp3) is 0.167. The second-order valence-corrected chi connectivity index (χ2v) is 8.39. The van der Waals surface area contributed by atoms with Crippen LogP contribution in [0.1, 0.15) is 16.7 Å². The molecule has 0 heterocycles. The smallest absolute Gasteiger partial charge is 0.330 e. The summed E-state index contributed by atoms with van der Waals surface area (Å²) in [5, 5.41) is 13.9. The molecule has 0 fully saturated rings. The summed E-state index contributed by atoms with van der Waals surface area (Å²) in [6.07, 6.45) is 0.501. The van der Waals surface area contributed by atoms with Crippen molar-refractivity contribution in [1.82, 2.24) is 5.32 Å². The summed E-state index contributed by atoms with van der Waals surface area (Å²) in [7, 11) is 0. The lowest BCUT2D eigenvalue weighted by Crippen LogP contribution is -2.55. The third-order valence-electron chi connectivity index (χ3n) is 5.47. The van der Waals surface area contributed by atoms with Crippen molar-refractivity contribution >= 4 is 35.1 Å². The molecule has 1 atom stereocenters. The van der Waals surface area contributed by atoms with E-state index in [2.05, 4.69) is 5.32 Å². The molecule has 0 bridgehead atoms. The monoisotopic (exact) mass is 439 g/mol. The van der Waals surface area contributed by atoms with Gasteiger partial charge in [0.05, 0.1) is 6.42 Å².